The van der Waals surface area contributed by atoms with Crippen molar-refractivity contribution in [3.05, 3.63) is 59.1 Å². The summed E-state index contributed by atoms with van der Waals surface area (Å²) < 4.78 is 10.3. The minimum Gasteiger partial charge on any atom is -0.497 e. The second kappa shape index (κ2) is 9.59. The fourth-order valence-electron chi connectivity index (χ4n) is 1.83. The summed E-state index contributed by atoms with van der Waals surface area (Å²) in [6, 6.07) is 13.3. The van der Waals surface area contributed by atoms with Crippen molar-refractivity contribution in [3.8, 4) is 11.5 Å². The van der Waals surface area contributed by atoms with Crippen molar-refractivity contribution in [1.82, 2.24) is 16.2 Å². The predicted molar refractivity (Wildman–Crippen MR) is 101 cm³/mol. The molecule has 26 heavy (non-hydrogen) atoms. The van der Waals surface area contributed by atoms with Gasteiger partial charge in [0.2, 0.25) is 0 Å². The molecule has 0 bridgehead atoms. The smallest absolute Gasteiger partial charge is 0.269 e. The lowest BCUT2D eigenvalue weighted by Crippen LogP contribution is -2.49. The summed E-state index contributed by atoms with van der Waals surface area (Å²) in [5.74, 6) is 0.101. The molecule has 2 amide bonds. The van der Waals surface area contributed by atoms with Crippen molar-refractivity contribution in [2.75, 3.05) is 13.7 Å². The molecule has 136 valence electrons. The Balaban J connectivity index is 1.74. The van der Waals surface area contributed by atoms with Gasteiger partial charge in [-0.2, -0.15) is 0 Å². The standard InChI is InChI=1S/C17H16ClN3O4S/c1-24-12-8-6-11(7-9-12)16(23)20-21-17(26)19-15(22)10-25-14-5-3-2-4-13(14)18/h2-9H,10H2,1H3,(H,20,23)(H2,19,21,22,26). The first-order valence-corrected chi connectivity index (χ1v) is 8.20. The Kier molecular flexibility index (Phi) is 7.19. The normalized spacial score (nSPS) is 9.77. The number of carbonyl (C=O) groups is 2. The number of para-hydroxylation sites is 1. The number of methoxy groups -OCH3 is 1. The van der Waals surface area contributed by atoms with Gasteiger partial charge < -0.3 is 9.47 Å². The van der Waals surface area contributed by atoms with Crippen LogP contribution in [0.2, 0.25) is 5.02 Å². The molecule has 0 heterocycles. The molecular formula is C17H16ClN3O4S. The summed E-state index contributed by atoms with van der Waals surface area (Å²) in [6.45, 7) is -0.280. The molecule has 0 unspecified atom stereocenters. The molecule has 9 heteroatoms. The van der Waals surface area contributed by atoms with Crippen molar-refractivity contribution in [2.24, 2.45) is 0 Å². The molecule has 0 aliphatic rings. The van der Waals surface area contributed by atoms with Crippen LogP contribution in [0.15, 0.2) is 48.5 Å². The highest BCUT2D eigenvalue weighted by Crippen LogP contribution is 2.22. The second-order valence-corrected chi connectivity index (χ2v) is 5.72. The van der Waals surface area contributed by atoms with E-state index in [1.807, 2.05) is 0 Å². The van der Waals surface area contributed by atoms with Crippen LogP contribution in [0.25, 0.3) is 0 Å². The molecule has 7 nitrogen and oxygen atoms in total. The number of hydrazine groups is 1. The quantitative estimate of drug-likeness (QED) is 0.532. The number of nitrogens with one attached hydrogen (secondary N) is 3. The molecule has 2 rings (SSSR count). The van der Waals surface area contributed by atoms with Crippen LogP contribution in [-0.2, 0) is 4.79 Å². The van der Waals surface area contributed by atoms with E-state index in [9.17, 15) is 9.59 Å². The van der Waals surface area contributed by atoms with Crippen molar-refractivity contribution >= 4 is 40.7 Å². The molecule has 0 saturated carbocycles. The Bertz CT molecular complexity index is 799. The van der Waals surface area contributed by atoms with Gasteiger partial charge in [-0.05, 0) is 48.6 Å². The number of carbonyl (C=O) groups excluding carboxylic acids is 2. The van der Waals surface area contributed by atoms with Crippen LogP contribution in [0.1, 0.15) is 10.4 Å². The van der Waals surface area contributed by atoms with Gasteiger partial charge in [0, 0.05) is 5.56 Å². The van der Waals surface area contributed by atoms with Gasteiger partial charge in [-0.1, -0.05) is 23.7 Å². The Morgan fingerprint density at radius 2 is 1.77 bits per heavy atom. The van der Waals surface area contributed by atoms with Gasteiger partial charge in [0.15, 0.2) is 11.7 Å². The monoisotopic (exact) mass is 393 g/mol. The zero-order valence-corrected chi connectivity index (χ0v) is 15.3. The maximum atomic E-state index is 12.0. The van der Waals surface area contributed by atoms with Gasteiger partial charge in [0.1, 0.15) is 11.5 Å². The number of thiocarbonyl (C=S) groups is 1. The molecule has 0 fully saturated rings. The number of halogens is 1. The fraction of sp³-hybridized carbons (Fsp3) is 0.118. The molecule has 0 saturated heterocycles. The van der Waals surface area contributed by atoms with Gasteiger partial charge in [0.05, 0.1) is 12.1 Å². The van der Waals surface area contributed by atoms with Crippen molar-refractivity contribution < 1.29 is 19.1 Å². The van der Waals surface area contributed by atoms with Gasteiger partial charge in [0.25, 0.3) is 11.8 Å². The van der Waals surface area contributed by atoms with E-state index in [1.54, 1.807) is 48.5 Å². The van der Waals surface area contributed by atoms with Gasteiger partial charge in [-0.15, -0.1) is 0 Å². The van der Waals surface area contributed by atoms with E-state index in [0.717, 1.165) is 0 Å². The van der Waals surface area contributed by atoms with Crippen molar-refractivity contribution in [1.29, 1.82) is 0 Å². The molecule has 0 aliphatic carbocycles. The van der Waals surface area contributed by atoms with Crippen LogP contribution in [0.5, 0.6) is 11.5 Å². The Morgan fingerprint density at radius 1 is 1.08 bits per heavy atom. The first kappa shape index (κ1) is 19.5. The summed E-state index contributed by atoms with van der Waals surface area (Å²) in [5.41, 5.74) is 5.21. The molecule has 3 N–H and O–H groups in total. The van der Waals surface area contributed by atoms with E-state index in [4.69, 9.17) is 33.3 Å². The van der Waals surface area contributed by atoms with E-state index in [1.165, 1.54) is 7.11 Å². The largest absolute Gasteiger partial charge is 0.497 e. The average molecular weight is 394 g/mol. The highest BCUT2D eigenvalue weighted by Gasteiger charge is 2.09. The first-order valence-electron chi connectivity index (χ1n) is 7.41. The maximum absolute atomic E-state index is 12.0. The number of benzene rings is 2. The van der Waals surface area contributed by atoms with Gasteiger partial charge in [-0.3, -0.25) is 25.8 Å². The number of rotatable bonds is 5. The van der Waals surface area contributed by atoms with Crippen molar-refractivity contribution in [2.45, 2.75) is 0 Å². The predicted octanol–water partition coefficient (Wildman–Crippen LogP) is 2.06. The fourth-order valence-corrected chi connectivity index (χ4v) is 2.18. The molecule has 0 atom stereocenters. The number of hydrogen-bond donors (Lipinski definition) is 3. The molecular weight excluding hydrogens is 378 g/mol. The third-order valence-electron chi connectivity index (χ3n) is 3.09. The van der Waals surface area contributed by atoms with Gasteiger partial charge in [-0.25, -0.2) is 0 Å². The number of amides is 2. The summed E-state index contributed by atoms with van der Waals surface area (Å²) in [5, 5.41) is 2.70. The van der Waals surface area contributed by atoms with Crippen LogP contribution in [0.3, 0.4) is 0 Å². The second-order valence-electron chi connectivity index (χ2n) is 4.90. The maximum Gasteiger partial charge on any atom is 0.269 e. The lowest BCUT2D eigenvalue weighted by molar-refractivity contribution is -0.121. The molecule has 0 aromatic heterocycles. The van der Waals surface area contributed by atoms with Crippen LogP contribution >= 0.6 is 23.8 Å². The molecule has 0 radical (unpaired) electrons. The lowest BCUT2D eigenvalue weighted by Gasteiger charge is -2.12. The summed E-state index contributed by atoms with van der Waals surface area (Å²) >= 11 is 10.9. The van der Waals surface area contributed by atoms with Gasteiger partial charge >= 0.3 is 0 Å². The van der Waals surface area contributed by atoms with E-state index in [0.29, 0.717) is 22.1 Å². The number of hydrogen-bond acceptors (Lipinski definition) is 5. The number of ether oxygens (including phenoxy) is 2. The van der Waals surface area contributed by atoms with Crippen LogP contribution < -0.4 is 25.6 Å². The summed E-state index contributed by atoms with van der Waals surface area (Å²) in [7, 11) is 1.53. The van der Waals surface area contributed by atoms with E-state index < -0.39 is 11.8 Å². The molecule has 2 aromatic carbocycles. The highest BCUT2D eigenvalue weighted by atomic mass is 35.5. The van der Waals surface area contributed by atoms with E-state index >= 15 is 0 Å². The minimum atomic E-state index is -0.499. The lowest BCUT2D eigenvalue weighted by atomic mass is 10.2. The topological polar surface area (TPSA) is 88.7 Å². The molecule has 2 aromatic rings. The Morgan fingerprint density at radius 3 is 2.42 bits per heavy atom. The molecule has 0 spiro atoms. The van der Waals surface area contributed by atoms with Crippen LogP contribution in [0.4, 0.5) is 0 Å². The third kappa shape index (κ3) is 5.91. The zero-order valence-electron chi connectivity index (χ0n) is 13.7. The summed E-state index contributed by atoms with van der Waals surface area (Å²) in [6.07, 6.45) is 0. The zero-order chi connectivity index (χ0) is 18.9. The first-order chi connectivity index (χ1) is 12.5. The highest BCUT2D eigenvalue weighted by molar-refractivity contribution is 7.80. The Hall–Kier alpha value is -2.84. The van der Waals surface area contributed by atoms with E-state index in [-0.39, 0.29) is 11.7 Å². The summed E-state index contributed by atoms with van der Waals surface area (Å²) in [4.78, 5) is 23.7. The van der Waals surface area contributed by atoms with Crippen LogP contribution in [-0.4, -0.2) is 30.6 Å². The average Bonchev–Trinajstić information content (AvgIpc) is 2.65. The SMILES string of the molecule is COc1ccc(C(=O)NNC(=S)NC(=O)COc2ccccc2Cl)cc1. The van der Waals surface area contributed by atoms with Crippen LogP contribution in [0, 0.1) is 0 Å². The Labute approximate surface area is 160 Å². The molecule has 0 aliphatic heterocycles. The van der Waals surface area contributed by atoms with Crippen molar-refractivity contribution in [3.63, 3.8) is 0 Å². The minimum absolute atomic E-state index is 0.0698. The van der Waals surface area contributed by atoms with E-state index in [2.05, 4.69) is 16.2 Å². The third-order valence-corrected chi connectivity index (χ3v) is 3.61.